The third-order valence-corrected chi connectivity index (χ3v) is 4.94. The molecule has 138 valence electrons. The van der Waals surface area contributed by atoms with Crippen molar-refractivity contribution in [2.24, 2.45) is 0 Å². The maximum Gasteiger partial charge on any atom is 0.345 e. The molecule has 0 spiro atoms. The van der Waals surface area contributed by atoms with Crippen LogP contribution in [0.3, 0.4) is 0 Å². The summed E-state index contributed by atoms with van der Waals surface area (Å²) >= 11 is 0. The molecule has 4 rings (SSSR count). The van der Waals surface area contributed by atoms with Crippen LogP contribution < -0.4 is 5.32 Å². The summed E-state index contributed by atoms with van der Waals surface area (Å²) in [6, 6.07) is 16.2. The number of hydrogen-bond acceptors (Lipinski definition) is 3. The average molecular weight is 363 g/mol. The van der Waals surface area contributed by atoms with Crippen LogP contribution in [-0.2, 0) is 16.2 Å². The summed E-state index contributed by atoms with van der Waals surface area (Å²) in [5.41, 5.74) is 2.80. The van der Waals surface area contributed by atoms with Crippen LogP contribution in [0.15, 0.2) is 67.3 Å². The van der Waals surface area contributed by atoms with Crippen LogP contribution in [0, 0.1) is 0 Å². The first-order valence-electron chi connectivity index (χ1n) is 8.95. The summed E-state index contributed by atoms with van der Waals surface area (Å²) in [5.74, 6) is -0.191. The zero-order chi connectivity index (χ0) is 18.8. The molecule has 0 aromatic heterocycles. The van der Waals surface area contributed by atoms with Gasteiger partial charge in [-0.05, 0) is 16.7 Å². The Bertz CT molecular complexity index is 868. The van der Waals surface area contributed by atoms with Crippen molar-refractivity contribution in [3.8, 4) is 0 Å². The number of nitrogens with zero attached hydrogens (tertiary/aromatic N) is 2. The van der Waals surface area contributed by atoms with Gasteiger partial charge in [-0.1, -0.05) is 60.7 Å². The number of hydroxylamine groups is 2. The van der Waals surface area contributed by atoms with Gasteiger partial charge in [0.05, 0.1) is 13.2 Å². The Kier molecular flexibility index (Phi) is 4.64. The number of carbonyl (C=O) groups is 2. The smallest absolute Gasteiger partial charge is 0.345 e. The van der Waals surface area contributed by atoms with Crippen molar-refractivity contribution in [1.82, 2.24) is 15.3 Å². The van der Waals surface area contributed by atoms with Gasteiger partial charge in [0.2, 0.25) is 5.91 Å². The Morgan fingerprint density at radius 3 is 2.59 bits per heavy atom. The van der Waals surface area contributed by atoms with E-state index >= 15 is 0 Å². The predicted octanol–water partition coefficient (Wildman–Crippen LogP) is 2.95. The van der Waals surface area contributed by atoms with Gasteiger partial charge in [-0.15, -0.1) is 6.58 Å². The molecule has 2 unspecified atom stereocenters. The second kappa shape index (κ2) is 7.25. The summed E-state index contributed by atoms with van der Waals surface area (Å²) in [6.07, 6.45) is 1.60. The maximum atomic E-state index is 13.0. The molecule has 2 aliphatic rings. The zero-order valence-corrected chi connectivity index (χ0v) is 14.9. The van der Waals surface area contributed by atoms with Crippen molar-refractivity contribution in [3.05, 3.63) is 83.9 Å². The molecule has 1 fully saturated rings. The molecule has 2 bridgehead atoms. The van der Waals surface area contributed by atoms with Gasteiger partial charge in [0.25, 0.3) is 0 Å². The van der Waals surface area contributed by atoms with Crippen molar-refractivity contribution in [2.75, 3.05) is 13.2 Å². The third-order valence-electron chi connectivity index (χ3n) is 4.94. The highest BCUT2D eigenvalue weighted by atomic mass is 16.7. The highest BCUT2D eigenvalue weighted by molar-refractivity contribution is 5.90. The largest absolute Gasteiger partial charge is 0.350 e. The number of benzene rings is 2. The van der Waals surface area contributed by atoms with Crippen molar-refractivity contribution >= 4 is 11.9 Å². The monoisotopic (exact) mass is 363 g/mol. The average Bonchev–Trinajstić information content (AvgIpc) is 2.98. The molecule has 0 radical (unpaired) electrons. The molecule has 3 amide bonds. The minimum atomic E-state index is -0.661. The first-order valence-corrected chi connectivity index (χ1v) is 8.95. The molecule has 27 heavy (non-hydrogen) atoms. The fraction of sp³-hybridized carbons (Fsp3) is 0.238. The van der Waals surface area contributed by atoms with Crippen LogP contribution in [0.5, 0.6) is 0 Å². The summed E-state index contributed by atoms with van der Waals surface area (Å²) < 4.78 is 0. The normalized spacial score (nSPS) is 20.4. The minimum Gasteiger partial charge on any atom is -0.350 e. The van der Waals surface area contributed by atoms with Crippen molar-refractivity contribution in [2.45, 2.75) is 18.6 Å². The Labute approximate surface area is 158 Å². The van der Waals surface area contributed by atoms with E-state index in [2.05, 4.69) is 11.9 Å². The molecule has 2 atom stereocenters. The fourth-order valence-electron chi connectivity index (χ4n) is 3.71. The van der Waals surface area contributed by atoms with E-state index in [9.17, 15) is 9.59 Å². The molecular weight excluding hydrogens is 342 g/mol. The highest BCUT2D eigenvalue weighted by Gasteiger charge is 2.50. The van der Waals surface area contributed by atoms with Crippen LogP contribution in [0.2, 0.25) is 0 Å². The number of amides is 3. The molecule has 6 heteroatoms. The topological polar surface area (TPSA) is 61.9 Å². The van der Waals surface area contributed by atoms with E-state index in [1.165, 1.54) is 5.06 Å². The quantitative estimate of drug-likeness (QED) is 0.803. The third kappa shape index (κ3) is 3.08. The Balaban J connectivity index is 1.60. The second-order valence-electron chi connectivity index (χ2n) is 6.60. The summed E-state index contributed by atoms with van der Waals surface area (Å²) in [4.78, 5) is 33.0. The summed E-state index contributed by atoms with van der Waals surface area (Å²) in [7, 11) is 0. The SMILES string of the molecule is C=CCON1C(=O)N2CC1c1ccccc1C2C(=O)NCc1ccccc1. The van der Waals surface area contributed by atoms with E-state index in [4.69, 9.17) is 4.84 Å². The van der Waals surface area contributed by atoms with Gasteiger partial charge in [0, 0.05) is 6.54 Å². The van der Waals surface area contributed by atoms with E-state index in [0.717, 1.165) is 16.7 Å². The van der Waals surface area contributed by atoms with Gasteiger partial charge >= 0.3 is 6.03 Å². The lowest BCUT2D eigenvalue weighted by atomic mass is 9.90. The Morgan fingerprint density at radius 2 is 1.85 bits per heavy atom. The Hall–Kier alpha value is -3.12. The lowest BCUT2D eigenvalue weighted by molar-refractivity contribution is -0.126. The summed E-state index contributed by atoms with van der Waals surface area (Å²) in [5, 5.41) is 4.33. The first kappa shape index (κ1) is 17.3. The second-order valence-corrected chi connectivity index (χ2v) is 6.60. The van der Waals surface area contributed by atoms with Gasteiger partial charge < -0.3 is 10.2 Å². The van der Waals surface area contributed by atoms with E-state index in [0.29, 0.717) is 13.1 Å². The van der Waals surface area contributed by atoms with Gasteiger partial charge in [-0.2, -0.15) is 5.06 Å². The molecule has 0 aliphatic carbocycles. The molecule has 1 saturated heterocycles. The molecule has 2 heterocycles. The fourth-order valence-corrected chi connectivity index (χ4v) is 3.71. The Morgan fingerprint density at radius 1 is 1.15 bits per heavy atom. The molecule has 6 nitrogen and oxygen atoms in total. The van der Waals surface area contributed by atoms with Crippen molar-refractivity contribution in [3.63, 3.8) is 0 Å². The van der Waals surface area contributed by atoms with Crippen molar-refractivity contribution < 1.29 is 14.4 Å². The van der Waals surface area contributed by atoms with E-state index in [1.807, 2.05) is 54.6 Å². The number of fused-ring (bicyclic) bond motifs is 4. The molecule has 1 N–H and O–H groups in total. The van der Waals surface area contributed by atoms with Gasteiger partial charge in [0.1, 0.15) is 12.1 Å². The lowest BCUT2D eigenvalue weighted by Crippen LogP contribution is -2.43. The van der Waals surface area contributed by atoms with Crippen molar-refractivity contribution in [1.29, 1.82) is 0 Å². The van der Waals surface area contributed by atoms with Crippen LogP contribution in [-0.4, -0.2) is 35.1 Å². The zero-order valence-electron chi connectivity index (χ0n) is 14.9. The molecule has 2 aromatic carbocycles. The summed E-state index contributed by atoms with van der Waals surface area (Å²) in [6.45, 7) is 4.72. The highest BCUT2D eigenvalue weighted by Crippen LogP contribution is 2.43. The van der Waals surface area contributed by atoms with E-state index in [-0.39, 0.29) is 24.6 Å². The van der Waals surface area contributed by atoms with Crippen LogP contribution in [0.25, 0.3) is 0 Å². The van der Waals surface area contributed by atoms with E-state index in [1.54, 1.807) is 11.0 Å². The maximum absolute atomic E-state index is 13.0. The molecule has 2 aliphatic heterocycles. The molecule has 2 aromatic rings. The standard InChI is InChI=1S/C21H21N3O3/c1-2-12-27-24-18-14-23(21(24)26)19(17-11-7-6-10-16(17)18)20(25)22-13-15-8-4-3-5-9-15/h2-11,18-19H,1,12-14H2,(H,22,25). The van der Waals surface area contributed by atoms with E-state index < -0.39 is 6.04 Å². The van der Waals surface area contributed by atoms with Crippen LogP contribution >= 0.6 is 0 Å². The van der Waals surface area contributed by atoms with Crippen LogP contribution in [0.1, 0.15) is 28.8 Å². The first-order chi connectivity index (χ1) is 13.2. The number of rotatable bonds is 6. The number of hydrogen-bond donors (Lipinski definition) is 1. The van der Waals surface area contributed by atoms with Gasteiger partial charge in [-0.3, -0.25) is 9.63 Å². The number of carbonyl (C=O) groups excluding carboxylic acids is 2. The number of urea groups is 1. The van der Waals surface area contributed by atoms with Gasteiger partial charge in [0.15, 0.2) is 0 Å². The lowest BCUT2D eigenvalue weighted by Gasteiger charge is -2.31. The molecule has 0 saturated carbocycles. The predicted molar refractivity (Wildman–Crippen MR) is 100 cm³/mol. The number of nitrogens with one attached hydrogen (secondary N) is 1. The van der Waals surface area contributed by atoms with Crippen LogP contribution in [0.4, 0.5) is 4.79 Å². The minimum absolute atomic E-state index is 0.191. The molecular formula is C21H21N3O3. The van der Waals surface area contributed by atoms with Gasteiger partial charge in [-0.25, -0.2) is 4.79 Å².